The largest absolute Gasteiger partial charge is 2.00 e. The number of hydrogen-bond acceptors (Lipinski definition) is 8. The van der Waals surface area contributed by atoms with Gasteiger partial charge >= 0.3 is 58.4 Å². The van der Waals surface area contributed by atoms with Gasteiger partial charge in [0.25, 0.3) is 0 Å². The fraction of sp³-hybridized carbons (Fsp3) is 0. The summed E-state index contributed by atoms with van der Waals surface area (Å²) < 4.78 is 0. The molecule has 0 aliphatic carbocycles. The van der Waals surface area contributed by atoms with Gasteiger partial charge in [0, 0.05) is 0 Å². The van der Waals surface area contributed by atoms with Crippen molar-refractivity contribution in [1.82, 2.24) is 0 Å². The molecule has 0 radical (unpaired) electrons. The quantitative estimate of drug-likeness (QED) is 0.373. The van der Waals surface area contributed by atoms with Crippen molar-refractivity contribution in [3.05, 3.63) is 0 Å². The summed E-state index contributed by atoms with van der Waals surface area (Å²) in [5, 5.41) is 33.3. The molecule has 0 heterocycles. The molecule has 0 amide bonds. The third kappa shape index (κ3) is 18600. The summed E-state index contributed by atoms with van der Waals surface area (Å²) in [4.78, 5) is 16.7. The average Bonchev–Trinajstić information content (AvgIpc) is 1.25. The summed E-state index contributed by atoms with van der Waals surface area (Å²) in [6.45, 7) is 0. The molecule has 14 heavy (non-hydrogen) atoms. The zero-order valence-corrected chi connectivity index (χ0v) is 15.9. The van der Waals surface area contributed by atoms with Gasteiger partial charge in [-0.1, -0.05) is 0 Å². The third-order valence-electron chi connectivity index (χ3n) is 0. The molecule has 12 heteroatoms. The molecule has 0 aliphatic rings. The first-order chi connectivity index (χ1) is 3.46. The van der Waals surface area contributed by atoms with Crippen molar-refractivity contribution in [1.29, 1.82) is 0 Å². The topological polar surface area (TPSA) is 218 Å². The molecule has 0 saturated carbocycles. The smallest absolute Gasteiger partial charge is 0.870 e. The van der Waals surface area contributed by atoms with Gasteiger partial charge in [0.1, 0.15) is 0 Å². The zero-order chi connectivity index (χ0) is 7.15. The summed E-state index contributed by atoms with van der Waals surface area (Å²) in [6, 6.07) is 0. The molecule has 0 aliphatic heterocycles. The van der Waals surface area contributed by atoms with Crippen LogP contribution in [0.25, 0.3) is 0 Å². The van der Waals surface area contributed by atoms with Crippen molar-refractivity contribution >= 4 is 12.3 Å². The van der Waals surface area contributed by atoms with Crippen LogP contribution in [0, 0.1) is 0 Å². The Balaban J connectivity index is -0.00000000600. The SMILES string of the molecule is O.O=C([O-])[O-].O=C([O-])[O-].[OH-].[OH-].[Zn+2].[Zn+2].[Zn+2]. The Morgan fingerprint density at radius 3 is 0.643 bits per heavy atom. The Kier molecular flexibility index (Phi) is 231. The fourth-order valence-electron chi connectivity index (χ4n) is 0. The molecule has 0 unspecified atom stereocenters. The summed E-state index contributed by atoms with van der Waals surface area (Å²) in [5.41, 5.74) is 0. The predicted molar refractivity (Wildman–Crippen MR) is 18.3 cm³/mol. The van der Waals surface area contributed by atoms with Crippen LogP contribution in [0.3, 0.4) is 0 Å². The summed E-state index contributed by atoms with van der Waals surface area (Å²) in [7, 11) is 0. The molecule has 9 nitrogen and oxygen atoms in total. The van der Waals surface area contributed by atoms with E-state index in [0.717, 1.165) is 0 Å². The molecule has 0 bridgehead atoms. The van der Waals surface area contributed by atoms with Crippen molar-refractivity contribution in [2.45, 2.75) is 0 Å². The van der Waals surface area contributed by atoms with Gasteiger partial charge in [-0.3, -0.25) is 0 Å². The van der Waals surface area contributed by atoms with E-state index in [1.807, 2.05) is 0 Å². The van der Waals surface area contributed by atoms with Gasteiger partial charge in [0.05, 0.1) is 0 Å². The molecule has 0 aromatic heterocycles. The maximum absolute atomic E-state index is 8.33. The number of rotatable bonds is 0. The van der Waals surface area contributed by atoms with E-state index >= 15 is 0 Å². The molecule has 0 rings (SSSR count). The van der Waals surface area contributed by atoms with Crippen molar-refractivity contribution in [2.75, 3.05) is 0 Å². The maximum atomic E-state index is 8.33. The molecule has 0 spiro atoms. The van der Waals surface area contributed by atoms with E-state index in [0.29, 0.717) is 0 Å². The number of carboxylic acid groups (broad SMARTS) is 4. The van der Waals surface area contributed by atoms with Crippen LogP contribution in [0.4, 0.5) is 9.59 Å². The Morgan fingerprint density at radius 2 is 0.643 bits per heavy atom. The maximum Gasteiger partial charge on any atom is 2.00 e. The van der Waals surface area contributed by atoms with Crippen LogP contribution in [0.1, 0.15) is 0 Å². The van der Waals surface area contributed by atoms with Gasteiger partial charge in [0.15, 0.2) is 0 Å². The minimum absolute atomic E-state index is 0. The van der Waals surface area contributed by atoms with Crippen LogP contribution in [0.2, 0.25) is 0 Å². The van der Waals surface area contributed by atoms with E-state index in [9.17, 15) is 0 Å². The van der Waals surface area contributed by atoms with Gasteiger partial charge in [-0.05, 0) is 12.3 Å². The second-order valence-electron chi connectivity index (χ2n) is 0.500. The van der Waals surface area contributed by atoms with E-state index in [1.54, 1.807) is 0 Å². The molecule has 4 N–H and O–H groups in total. The Bertz CT molecular complexity index is 76.1. The van der Waals surface area contributed by atoms with Crippen molar-refractivity contribution in [3.63, 3.8) is 0 Å². The van der Waals surface area contributed by atoms with Crippen LogP contribution >= 0.6 is 0 Å². The van der Waals surface area contributed by atoms with Crippen molar-refractivity contribution in [2.24, 2.45) is 0 Å². The van der Waals surface area contributed by atoms with E-state index in [4.69, 9.17) is 30.0 Å². The van der Waals surface area contributed by atoms with Gasteiger partial charge < -0.3 is 46.4 Å². The molecule has 0 atom stereocenters. The normalized spacial score (nSPS) is 3.43. The monoisotopic (exact) mass is 364 g/mol. The van der Waals surface area contributed by atoms with Crippen LogP contribution < -0.4 is 20.4 Å². The van der Waals surface area contributed by atoms with Gasteiger partial charge in [-0.2, -0.15) is 0 Å². The number of hydrogen-bond donors (Lipinski definition) is 0. The summed E-state index contributed by atoms with van der Waals surface area (Å²) in [6.07, 6.45) is -4.67. The molecule has 0 aromatic carbocycles. The van der Waals surface area contributed by atoms with Crippen LogP contribution in [0.5, 0.6) is 0 Å². The summed E-state index contributed by atoms with van der Waals surface area (Å²) >= 11 is 0. The second-order valence-corrected chi connectivity index (χ2v) is 0.500. The van der Waals surface area contributed by atoms with Gasteiger partial charge in [0.2, 0.25) is 0 Å². The van der Waals surface area contributed by atoms with Crippen molar-refractivity contribution < 1.29 is 105 Å². The van der Waals surface area contributed by atoms with E-state index in [-0.39, 0.29) is 74.9 Å². The van der Waals surface area contributed by atoms with E-state index < -0.39 is 12.3 Å². The standard InChI is InChI=1S/2CH2O3.3H2O.3Zn/c2*2-1(3)4;;;;;;/h2*(H2,2,3,4);3*1H2;;;/q;;;;;3*+2/p-6. The van der Waals surface area contributed by atoms with Crippen LogP contribution in [-0.4, -0.2) is 28.7 Å². The second kappa shape index (κ2) is 50.7. The Hall–Kier alpha value is 0.290. The first kappa shape index (κ1) is 63.8. The molecular formula is C2H4O9Zn3. The minimum atomic E-state index is -2.33. The van der Waals surface area contributed by atoms with Crippen molar-refractivity contribution in [3.8, 4) is 0 Å². The minimum Gasteiger partial charge on any atom is -0.870 e. The van der Waals surface area contributed by atoms with Gasteiger partial charge in [-0.15, -0.1) is 0 Å². The molecular weight excluding hydrogens is 364 g/mol. The predicted octanol–water partition coefficient (Wildman–Crippen LogP) is -6.08. The molecule has 0 aromatic rings. The fourth-order valence-corrected chi connectivity index (χ4v) is 0. The molecule has 0 saturated heterocycles. The molecule has 0 fully saturated rings. The van der Waals surface area contributed by atoms with E-state index in [1.165, 1.54) is 0 Å². The Morgan fingerprint density at radius 1 is 0.643 bits per heavy atom. The number of carbonyl (C=O) groups is 2. The van der Waals surface area contributed by atoms with Crippen LogP contribution in [0.15, 0.2) is 0 Å². The molecule has 72 valence electrons. The summed E-state index contributed by atoms with van der Waals surface area (Å²) in [5.74, 6) is 0. The third-order valence-corrected chi connectivity index (χ3v) is 0. The Labute approximate surface area is 117 Å². The van der Waals surface area contributed by atoms with Crippen LogP contribution in [-0.2, 0) is 58.4 Å². The van der Waals surface area contributed by atoms with E-state index in [2.05, 4.69) is 0 Å². The first-order valence-electron chi connectivity index (χ1n) is 1.22. The number of carbonyl (C=O) groups excluding carboxylic acids is 2. The zero-order valence-electron chi connectivity index (χ0n) is 6.97. The first-order valence-corrected chi connectivity index (χ1v) is 1.22. The average molecular weight is 368 g/mol. The van der Waals surface area contributed by atoms with Gasteiger partial charge in [-0.25, -0.2) is 0 Å².